The molecule has 1 aromatic heterocycles. The molecule has 6 heteroatoms. The monoisotopic (exact) mass is 198 g/mol. The Labute approximate surface area is 82.0 Å². The molecule has 1 heterocycles. The number of ether oxygens (including phenoxy) is 1. The van der Waals surface area contributed by atoms with Gasteiger partial charge in [0.05, 0.1) is 12.4 Å². The zero-order valence-electron chi connectivity index (χ0n) is 8.06. The molecule has 0 unspecified atom stereocenters. The Morgan fingerprint density at radius 2 is 2.57 bits per heavy atom. The van der Waals surface area contributed by atoms with Gasteiger partial charge >= 0.3 is 0 Å². The second-order valence-corrected chi connectivity index (χ2v) is 2.80. The number of aryl methyl sites for hydroxylation is 1. The van der Waals surface area contributed by atoms with E-state index in [2.05, 4.69) is 12.0 Å². The normalized spacial score (nSPS) is 9.86. The predicted octanol–water partition coefficient (Wildman–Crippen LogP) is -0.338. The summed E-state index contributed by atoms with van der Waals surface area (Å²) in [6.07, 6.45) is 4.32. The first kappa shape index (κ1) is 10.5. The number of rotatable bonds is 5. The number of hydrogen-bond donors (Lipinski definition) is 2. The van der Waals surface area contributed by atoms with E-state index in [1.807, 2.05) is 5.43 Å². The molecule has 0 aliphatic carbocycles. The summed E-state index contributed by atoms with van der Waals surface area (Å²) in [7, 11) is 0. The van der Waals surface area contributed by atoms with Crippen LogP contribution in [0.4, 0.5) is 0 Å². The zero-order chi connectivity index (χ0) is 10.4. The van der Waals surface area contributed by atoms with Crippen molar-refractivity contribution >= 4 is 5.91 Å². The number of nitrogens with two attached hydrogens (primary N) is 1. The number of hydrazine groups is 1. The van der Waals surface area contributed by atoms with Crippen molar-refractivity contribution in [2.75, 3.05) is 6.61 Å². The standard InChI is InChI=1S/C8H14N4O2/c1-2-3-12-5-7(4-10-12)14-6-8(13)11-9/h4-5H,2-3,6,9H2,1H3,(H,11,13). The predicted molar refractivity (Wildman–Crippen MR) is 50.3 cm³/mol. The molecule has 6 nitrogen and oxygen atoms in total. The number of amides is 1. The smallest absolute Gasteiger partial charge is 0.271 e. The van der Waals surface area contributed by atoms with Gasteiger partial charge in [-0.3, -0.25) is 14.9 Å². The van der Waals surface area contributed by atoms with Crippen molar-refractivity contribution in [2.24, 2.45) is 5.84 Å². The molecule has 0 aromatic carbocycles. The highest BCUT2D eigenvalue weighted by Crippen LogP contribution is 2.07. The Morgan fingerprint density at radius 3 is 3.21 bits per heavy atom. The Balaban J connectivity index is 2.39. The van der Waals surface area contributed by atoms with Crippen LogP contribution >= 0.6 is 0 Å². The van der Waals surface area contributed by atoms with Gasteiger partial charge in [-0.15, -0.1) is 0 Å². The van der Waals surface area contributed by atoms with Gasteiger partial charge < -0.3 is 4.74 Å². The maximum atomic E-state index is 10.7. The summed E-state index contributed by atoms with van der Waals surface area (Å²) in [5, 5.41) is 4.04. The summed E-state index contributed by atoms with van der Waals surface area (Å²) in [5.74, 6) is 5.09. The molecular formula is C8H14N4O2. The van der Waals surface area contributed by atoms with E-state index >= 15 is 0 Å². The molecule has 3 N–H and O–H groups in total. The van der Waals surface area contributed by atoms with Gasteiger partial charge in [0.1, 0.15) is 0 Å². The van der Waals surface area contributed by atoms with Crippen LogP contribution in [0.15, 0.2) is 12.4 Å². The summed E-state index contributed by atoms with van der Waals surface area (Å²) >= 11 is 0. The van der Waals surface area contributed by atoms with E-state index < -0.39 is 0 Å². The van der Waals surface area contributed by atoms with E-state index in [4.69, 9.17) is 10.6 Å². The molecule has 1 aromatic rings. The van der Waals surface area contributed by atoms with E-state index in [1.54, 1.807) is 17.1 Å². The highest BCUT2D eigenvalue weighted by atomic mass is 16.5. The second kappa shape index (κ2) is 5.23. The molecule has 14 heavy (non-hydrogen) atoms. The van der Waals surface area contributed by atoms with Crippen molar-refractivity contribution in [1.29, 1.82) is 0 Å². The minimum Gasteiger partial charge on any atom is -0.480 e. The molecule has 0 spiro atoms. The number of nitrogens with one attached hydrogen (secondary N) is 1. The van der Waals surface area contributed by atoms with E-state index in [9.17, 15) is 4.79 Å². The summed E-state index contributed by atoms with van der Waals surface area (Å²) in [4.78, 5) is 10.7. The van der Waals surface area contributed by atoms with Gasteiger partial charge in [-0.1, -0.05) is 6.92 Å². The van der Waals surface area contributed by atoms with Crippen molar-refractivity contribution in [1.82, 2.24) is 15.2 Å². The lowest BCUT2D eigenvalue weighted by Crippen LogP contribution is -2.34. The van der Waals surface area contributed by atoms with Gasteiger partial charge in [0, 0.05) is 6.54 Å². The van der Waals surface area contributed by atoms with Crippen LogP contribution in [0.2, 0.25) is 0 Å². The third-order valence-corrected chi connectivity index (χ3v) is 1.59. The molecule has 0 saturated heterocycles. The number of aromatic nitrogens is 2. The molecule has 0 aliphatic heterocycles. The molecule has 78 valence electrons. The summed E-state index contributed by atoms with van der Waals surface area (Å²) in [6.45, 7) is 2.81. The first-order valence-electron chi connectivity index (χ1n) is 4.41. The van der Waals surface area contributed by atoms with Crippen LogP contribution in [0, 0.1) is 0 Å². The van der Waals surface area contributed by atoms with E-state index in [-0.39, 0.29) is 12.5 Å². The maximum Gasteiger partial charge on any atom is 0.271 e. The van der Waals surface area contributed by atoms with Crippen LogP contribution in [0.5, 0.6) is 5.75 Å². The lowest BCUT2D eigenvalue weighted by molar-refractivity contribution is -0.123. The zero-order valence-corrected chi connectivity index (χ0v) is 8.06. The first-order valence-corrected chi connectivity index (χ1v) is 4.41. The van der Waals surface area contributed by atoms with Gasteiger partial charge in [-0.05, 0) is 6.42 Å². The lowest BCUT2D eigenvalue weighted by Gasteiger charge is -2.00. The van der Waals surface area contributed by atoms with Crippen LogP contribution in [-0.4, -0.2) is 22.3 Å². The van der Waals surface area contributed by atoms with E-state index in [1.165, 1.54) is 0 Å². The van der Waals surface area contributed by atoms with Gasteiger partial charge in [0.2, 0.25) is 0 Å². The van der Waals surface area contributed by atoms with Gasteiger partial charge in [0.15, 0.2) is 12.4 Å². The summed E-state index contributed by atoms with van der Waals surface area (Å²) < 4.78 is 6.87. The highest BCUT2D eigenvalue weighted by Gasteiger charge is 2.02. The molecule has 0 saturated carbocycles. The summed E-state index contributed by atoms with van der Waals surface area (Å²) in [5.41, 5.74) is 1.98. The molecule has 0 aliphatic rings. The van der Waals surface area contributed by atoms with Gasteiger partial charge in [0.25, 0.3) is 5.91 Å². The van der Waals surface area contributed by atoms with Crippen LogP contribution in [0.1, 0.15) is 13.3 Å². The summed E-state index contributed by atoms with van der Waals surface area (Å²) in [6, 6.07) is 0. The Bertz CT molecular complexity index is 297. The van der Waals surface area contributed by atoms with Crippen LogP contribution < -0.4 is 16.0 Å². The molecular weight excluding hydrogens is 184 g/mol. The quantitative estimate of drug-likeness (QED) is 0.385. The number of carbonyl (C=O) groups excluding carboxylic acids is 1. The van der Waals surface area contributed by atoms with Gasteiger partial charge in [-0.25, -0.2) is 5.84 Å². The molecule has 0 radical (unpaired) electrons. The molecule has 0 fully saturated rings. The van der Waals surface area contributed by atoms with Crippen LogP contribution in [0.3, 0.4) is 0 Å². The van der Waals surface area contributed by atoms with Crippen molar-refractivity contribution < 1.29 is 9.53 Å². The highest BCUT2D eigenvalue weighted by molar-refractivity contribution is 5.76. The fourth-order valence-corrected chi connectivity index (χ4v) is 0.961. The topological polar surface area (TPSA) is 82.2 Å². The lowest BCUT2D eigenvalue weighted by atomic mass is 10.5. The number of nitrogens with zero attached hydrogens (tertiary/aromatic N) is 2. The van der Waals surface area contributed by atoms with Crippen molar-refractivity contribution in [2.45, 2.75) is 19.9 Å². The average molecular weight is 198 g/mol. The maximum absolute atomic E-state index is 10.7. The SMILES string of the molecule is CCCn1cc(OCC(=O)NN)cn1. The first-order chi connectivity index (χ1) is 6.76. The van der Waals surface area contributed by atoms with E-state index in [0.717, 1.165) is 13.0 Å². The van der Waals surface area contributed by atoms with Crippen molar-refractivity contribution in [3.05, 3.63) is 12.4 Å². The second-order valence-electron chi connectivity index (χ2n) is 2.80. The average Bonchev–Trinajstić information content (AvgIpc) is 2.63. The van der Waals surface area contributed by atoms with Crippen molar-refractivity contribution in [3.8, 4) is 5.75 Å². The molecule has 1 rings (SSSR count). The largest absolute Gasteiger partial charge is 0.480 e. The Hall–Kier alpha value is -1.56. The molecule has 0 bridgehead atoms. The third-order valence-electron chi connectivity index (χ3n) is 1.59. The Morgan fingerprint density at radius 1 is 1.79 bits per heavy atom. The van der Waals surface area contributed by atoms with Crippen molar-refractivity contribution in [3.63, 3.8) is 0 Å². The Kier molecular flexibility index (Phi) is 3.93. The van der Waals surface area contributed by atoms with Crippen LogP contribution in [-0.2, 0) is 11.3 Å². The third kappa shape index (κ3) is 3.06. The van der Waals surface area contributed by atoms with Gasteiger partial charge in [-0.2, -0.15) is 5.10 Å². The fraction of sp³-hybridized carbons (Fsp3) is 0.500. The molecule has 0 atom stereocenters. The van der Waals surface area contributed by atoms with E-state index in [0.29, 0.717) is 5.75 Å². The number of carbonyl (C=O) groups is 1. The molecule has 1 amide bonds. The van der Waals surface area contributed by atoms with Crippen LogP contribution in [0.25, 0.3) is 0 Å². The minimum absolute atomic E-state index is 0.0890. The number of hydrogen-bond acceptors (Lipinski definition) is 4. The fourth-order valence-electron chi connectivity index (χ4n) is 0.961. The minimum atomic E-state index is -0.367.